The molecular formula is C20H32Cl4O4. The first kappa shape index (κ1) is 29.8. The number of rotatable bonds is 10. The number of hydrogen-bond donors (Lipinski definition) is 1. The first-order chi connectivity index (χ1) is 12.7. The molecule has 0 aromatic carbocycles. The Morgan fingerprint density at radius 2 is 1.43 bits per heavy atom. The number of carboxylic acid groups (broad SMARTS) is 1. The average Bonchev–Trinajstić information content (AvgIpc) is 2.51. The Morgan fingerprint density at radius 3 is 1.79 bits per heavy atom. The average molecular weight is 478 g/mol. The molecule has 0 fully saturated rings. The van der Waals surface area contributed by atoms with Crippen molar-refractivity contribution in [2.45, 2.75) is 67.2 Å². The highest BCUT2D eigenvalue weighted by Crippen LogP contribution is 2.34. The Morgan fingerprint density at radius 1 is 0.964 bits per heavy atom. The molecule has 28 heavy (non-hydrogen) atoms. The van der Waals surface area contributed by atoms with E-state index in [1.807, 2.05) is 34.6 Å². The molecule has 164 valence electrons. The zero-order valence-corrected chi connectivity index (χ0v) is 20.5. The number of esters is 1. The maximum absolute atomic E-state index is 11.2. The van der Waals surface area contributed by atoms with Crippen LogP contribution in [-0.2, 0) is 14.3 Å². The first-order valence-corrected chi connectivity index (χ1v) is 10.6. The third-order valence-electron chi connectivity index (χ3n) is 4.17. The van der Waals surface area contributed by atoms with Crippen LogP contribution in [0.4, 0.5) is 0 Å². The van der Waals surface area contributed by atoms with Crippen LogP contribution in [0.1, 0.15) is 67.2 Å². The van der Waals surface area contributed by atoms with Crippen LogP contribution in [0.2, 0.25) is 0 Å². The Labute approximate surface area is 189 Å². The molecular weight excluding hydrogens is 446 g/mol. The van der Waals surface area contributed by atoms with Gasteiger partial charge in [-0.2, -0.15) is 0 Å². The van der Waals surface area contributed by atoms with Crippen molar-refractivity contribution in [3.05, 3.63) is 21.1 Å². The fourth-order valence-corrected chi connectivity index (χ4v) is 2.88. The highest BCUT2D eigenvalue weighted by atomic mass is 35.5. The van der Waals surface area contributed by atoms with Crippen molar-refractivity contribution in [2.24, 2.45) is 16.7 Å². The lowest BCUT2D eigenvalue weighted by Crippen LogP contribution is -2.30. The summed E-state index contributed by atoms with van der Waals surface area (Å²) in [5, 5.41) is 8.99. The minimum absolute atomic E-state index is 0.165. The largest absolute Gasteiger partial charge is 0.481 e. The lowest BCUT2D eigenvalue weighted by atomic mass is 9.75. The zero-order chi connectivity index (χ0) is 22.5. The fourth-order valence-electron chi connectivity index (χ4n) is 2.57. The van der Waals surface area contributed by atoms with Crippen LogP contribution < -0.4 is 0 Å². The van der Waals surface area contributed by atoms with Crippen LogP contribution in [0, 0.1) is 16.7 Å². The normalized spacial score (nSPS) is 12.2. The van der Waals surface area contributed by atoms with Gasteiger partial charge in [0.05, 0.1) is 18.9 Å². The second-order valence-corrected chi connectivity index (χ2v) is 9.85. The van der Waals surface area contributed by atoms with Crippen molar-refractivity contribution >= 4 is 58.3 Å². The van der Waals surface area contributed by atoms with E-state index in [0.29, 0.717) is 32.3 Å². The topological polar surface area (TPSA) is 63.6 Å². The maximum Gasteiger partial charge on any atom is 0.307 e. The summed E-state index contributed by atoms with van der Waals surface area (Å²) in [6, 6.07) is 0. The van der Waals surface area contributed by atoms with Gasteiger partial charge in [-0.15, -0.1) is 0 Å². The van der Waals surface area contributed by atoms with Gasteiger partial charge in [-0.3, -0.25) is 9.59 Å². The standard InChI is InChI=1S/2C10H16Cl2O2/c1-4-14-9(13)7-10(2,3)6-5-8(11)12;1-4-7(9(13)14)10(2,3)6-5-8(11)12/h5H,4,6-7H2,1-3H3;5,7H,4,6H2,1-3H3,(H,13,14). The quantitative estimate of drug-likeness (QED) is 0.330. The minimum Gasteiger partial charge on any atom is -0.481 e. The summed E-state index contributed by atoms with van der Waals surface area (Å²) < 4.78 is 5.29. The van der Waals surface area contributed by atoms with Crippen LogP contribution in [0.25, 0.3) is 0 Å². The molecule has 0 aliphatic heterocycles. The van der Waals surface area contributed by atoms with E-state index >= 15 is 0 Å². The summed E-state index contributed by atoms with van der Waals surface area (Å²) in [4.78, 5) is 22.1. The Hall–Kier alpha value is -0.420. The third kappa shape index (κ3) is 15.5. The second kappa shape index (κ2) is 14.5. The maximum atomic E-state index is 11.2. The van der Waals surface area contributed by atoms with Crippen LogP contribution in [0.15, 0.2) is 21.1 Å². The van der Waals surface area contributed by atoms with Gasteiger partial charge in [0, 0.05) is 0 Å². The van der Waals surface area contributed by atoms with E-state index < -0.39 is 5.97 Å². The third-order valence-corrected chi connectivity index (χ3v) is 4.79. The van der Waals surface area contributed by atoms with Gasteiger partial charge in [0.25, 0.3) is 0 Å². The number of ether oxygens (including phenoxy) is 1. The van der Waals surface area contributed by atoms with E-state index in [2.05, 4.69) is 0 Å². The highest BCUT2D eigenvalue weighted by molar-refractivity contribution is 6.56. The zero-order valence-electron chi connectivity index (χ0n) is 17.5. The van der Waals surface area contributed by atoms with Crippen molar-refractivity contribution in [3.8, 4) is 0 Å². The van der Waals surface area contributed by atoms with Crippen LogP contribution in [0.5, 0.6) is 0 Å². The molecule has 0 bridgehead atoms. The number of halogens is 4. The van der Waals surface area contributed by atoms with E-state index in [0.717, 1.165) is 0 Å². The van der Waals surface area contributed by atoms with Gasteiger partial charge in [-0.05, 0) is 37.0 Å². The Balaban J connectivity index is 0. The van der Waals surface area contributed by atoms with Crippen molar-refractivity contribution in [1.82, 2.24) is 0 Å². The molecule has 0 radical (unpaired) electrons. The molecule has 1 atom stereocenters. The van der Waals surface area contributed by atoms with Gasteiger partial charge >= 0.3 is 11.9 Å². The van der Waals surface area contributed by atoms with E-state index in [4.69, 9.17) is 56.2 Å². The molecule has 0 aromatic heterocycles. The number of carbonyl (C=O) groups excluding carboxylic acids is 1. The predicted octanol–water partition coefficient (Wildman–Crippen LogP) is 7.51. The summed E-state index contributed by atoms with van der Waals surface area (Å²) in [5.41, 5.74) is -0.489. The van der Waals surface area contributed by atoms with Crippen LogP contribution in [-0.4, -0.2) is 23.7 Å². The van der Waals surface area contributed by atoms with Gasteiger partial charge < -0.3 is 9.84 Å². The van der Waals surface area contributed by atoms with Gasteiger partial charge in [-0.1, -0.05) is 93.2 Å². The van der Waals surface area contributed by atoms with E-state index in [9.17, 15) is 9.59 Å². The summed E-state index contributed by atoms with van der Waals surface area (Å²) in [6.07, 6.45) is 5.56. The minimum atomic E-state index is -0.767. The van der Waals surface area contributed by atoms with Crippen molar-refractivity contribution in [3.63, 3.8) is 0 Å². The molecule has 0 aliphatic carbocycles. The lowest BCUT2D eigenvalue weighted by Gasteiger charge is -2.29. The smallest absolute Gasteiger partial charge is 0.307 e. The first-order valence-electron chi connectivity index (χ1n) is 9.09. The predicted molar refractivity (Wildman–Crippen MR) is 119 cm³/mol. The molecule has 0 aliphatic rings. The van der Waals surface area contributed by atoms with E-state index in [1.54, 1.807) is 19.1 Å². The summed E-state index contributed by atoms with van der Waals surface area (Å²) in [6.45, 7) is 11.8. The Kier molecular flexibility index (Phi) is 15.5. The lowest BCUT2D eigenvalue weighted by molar-refractivity contribution is -0.146. The van der Waals surface area contributed by atoms with E-state index in [-0.39, 0.29) is 31.7 Å². The second-order valence-electron chi connectivity index (χ2n) is 7.83. The molecule has 0 saturated carbocycles. The van der Waals surface area contributed by atoms with Gasteiger partial charge in [0.15, 0.2) is 0 Å². The fraction of sp³-hybridized carbons (Fsp3) is 0.700. The number of allylic oxidation sites excluding steroid dienone is 2. The molecule has 0 aromatic rings. The van der Waals surface area contributed by atoms with Gasteiger partial charge in [0.1, 0.15) is 8.98 Å². The summed E-state index contributed by atoms with van der Waals surface area (Å²) in [7, 11) is 0. The SMILES string of the molecule is CCC(C(=O)O)C(C)(C)CC=C(Cl)Cl.CCOC(=O)CC(C)(C)CC=C(Cl)Cl. The molecule has 0 amide bonds. The highest BCUT2D eigenvalue weighted by Gasteiger charge is 2.32. The van der Waals surface area contributed by atoms with E-state index in [1.165, 1.54) is 0 Å². The molecule has 0 rings (SSSR count). The molecule has 1 unspecified atom stereocenters. The number of carboxylic acids is 1. The molecule has 0 saturated heterocycles. The van der Waals surface area contributed by atoms with Gasteiger partial charge in [-0.25, -0.2) is 0 Å². The van der Waals surface area contributed by atoms with Crippen LogP contribution in [0.3, 0.4) is 0 Å². The molecule has 4 nitrogen and oxygen atoms in total. The number of aliphatic carboxylic acids is 1. The molecule has 0 heterocycles. The van der Waals surface area contributed by atoms with Gasteiger partial charge in [0.2, 0.25) is 0 Å². The van der Waals surface area contributed by atoms with Crippen molar-refractivity contribution < 1.29 is 19.4 Å². The Bertz CT molecular complexity index is 544. The van der Waals surface area contributed by atoms with Crippen molar-refractivity contribution in [2.75, 3.05) is 6.61 Å². The van der Waals surface area contributed by atoms with Crippen molar-refractivity contribution in [1.29, 1.82) is 0 Å². The number of hydrogen-bond acceptors (Lipinski definition) is 3. The molecule has 0 spiro atoms. The summed E-state index contributed by atoms with van der Waals surface area (Å²) >= 11 is 22.0. The summed E-state index contributed by atoms with van der Waals surface area (Å²) in [5.74, 6) is -1.32. The number of carbonyl (C=O) groups is 2. The molecule has 1 N–H and O–H groups in total. The van der Waals surface area contributed by atoms with Crippen LogP contribution >= 0.6 is 46.4 Å². The molecule has 8 heteroatoms. The monoisotopic (exact) mass is 476 g/mol.